The SMILES string of the molecule is O=C1C=CC(=O)C=C1.c1ccc2c(c1)C1c3ccccc3C2c2ccccc21. The van der Waals surface area contributed by atoms with Gasteiger partial charge in [0.2, 0.25) is 0 Å². The summed E-state index contributed by atoms with van der Waals surface area (Å²) in [6.07, 6.45) is 5.01. The van der Waals surface area contributed by atoms with Crippen molar-refractivity contribution < 1.29 is 9.59 Å². The summed E-state index contributed by atoms with van der Waals surface area (Å²) in [5, 5.41) is 0. The molecular formula is C26H18O2. The van der Waals surface area contributed by atoms with Crippen LogP contribution in [0.5, 0.6) is 0 Å². The normalized spacial score (nSPS) is 20.0. The molecule has 0 unspecified atom stereocenters. The van der Waals surface area contributed by atoms with Gasteiger partial charge in [-0.3, -0.25) is 9.59 Å². The van der Waals surface area contributed by atoms with E-state index in [0.717, 1.165) is 0 Å². The molecule has 0 fully saturated rings. The maximum Gasteiger partial charge on any atom is 0.178 e. The summed E-state index contributed by atoms with van der Waals surface area (Å²) in [7, 11) is 0. The quantitative estimate of drug-likeness (QED) is 0.366. The molecule has 4 aliphatic rings. The summed E-state index contributed by atoms with van der Waals surface area (Å²) in [6.45, 7) is 0. The lowest BCUT2D eigenvalue weighted by Crippen LogP contribution is -2.27. The number of carbonyl (C=O) groups is 2. The first-order valence-electron chi connectivity index (χ1n) is 9.44. The molecule has 7 rings (SSSR count). The summed E-state index contributed by atoms with van der Waals surface area (Å²) in [4.78, 5) is 20.6. The predicted octanol–water partition coefficient (Wildman–Crippen LogP) is 4.92. The average Bonchev–Trinajstić information content (AvgIpc) is 2.76. The average molecular weight is 362 g/mol. The fourth-order valence-electron chi connectivity index (χ4n) is 4.55. The van der Waals surface area contributed by atoms with Gasteiger partial charge in [0.1, 0.15) is 0 Å². The Morgan fingerprint density at radius 1 is 0.393 bits per heavy atom. The van der Waals surface area contributed by atoms with Crippen molar-refractivity contribution in [1.82, 2.24) is 0 Å². The highest BCUT2D eigenvalue weighted by molar-refractivity contribution is 6.14. The topological polar surface area (TPSA) is 34.1 Å². The predicted molar refractivity (Wildman–Crippen MR) is 110 cm³/mol. The van der Waals surface area contributed by atoms with E-state index in [1.165, 1.54) is 57.7 Å². The molecule has 0 atom stereocenters. The van der Waals surface area contributed by atoms with Crippen LogP contribution in [0.25, 0.3) is 0 Å². The number of rotatable bonds is 0. The largest absolute Gasteiger partial charge is 0.290 e. The third-order valence-corrected chi connectivity index (χ3v) is 5.68. The van der Waals surface area contributed by atoms with Crippen molar-refractivity contribution in [2.45, 2.75) is 11.8 Å². The van der Waals surface area contributed by atoms with E-state index in [1.807, 2.05) is 0 Å². The van der Waals surface area contributed by atoms with Gasteiger partial charge in [0.05, 0.1) is 0 Å². The maximum absolute atomic E-state index is 10.3. The van der Waals surface area contributed by atoms with Gasteiger partial charge in [-0.25, -0.2) is 0 Å². The Kier molecular flexibility index (Phi) is 3.91. The third-order valence-electron chi connectivity index (χ3n) is 5.68. The molecular weight excluding hydrogens is 344 g/mol. The molecule has 2 nitrogen and oxygen atoms in total. The molecule has 0 heterocycles. The van der Waals surface area contributed by atoms with Crippen molar-refractivity contribution in [1.29, 1.82) is 0 Å². The van der Waals surface area contributed by atoms with Gasteiger partial charge in [0, 0.05) is 11.8 Å². The Hall–Kier alpha value is -3.52. The van der Waals surface area contributed by atoms with Crippen LogP contribution in [0.2, 0.25) is 0 Å². The van der Waals surface area contributed by atoms with Crippen LogP contribution in [0.3, 0.4) is 0 Å². The first kappa shape index (κ1) is 16.6. The molecule has 0 N–H and O–H groups in total. The molecule has 0 amide bonds. The van der Waals surface area contributed by atoms with Crippen molar-refractivity contribution in [3.05, 3.63) is 130 Å². The number of carbonyl (C=O) groups excluding carboxylic acids is 2. The van der Waals surface area contributed by atoms with Crippen molar-refractivity contribution in [3.8, 4) is 0 Å². The van der Waals surface area contributed by atoms with Crippen LogP contribution < -0.4 is 0 Å². The highest BCUT2D eigenvalue weighted by Crippen LogP contribution is 2.55. The van der Waals surface area contributed by atoms with E-state index < -0.39 is 0 Å². The minimum Gasteiger partial charge on any atom is -0.290 e. The monoisotopic (exact) mass is 362 g/mol. The van der Waals surface area contributed by atoms with Crippen LogP contribution in [0.1, 0.15) is 45.2 Å². The van der Waals surface area contributed by atoms with Crippen molar-refractivity contribution in [2.24, 2.45) is 0 Å². The Balaban J connectivity index is 0.000000181. The van der Waals surface area contributed by atoms with E-state index in [2.05, 4.69) is 72.8 Å². The first-order chi connectivity index (χ1) is 13.7. The zero-order valence-corrected chi connectivity index (χ0v) is 15.2. The Morgan fingerprint density at radius 2 is 0.607 bits per heavy atom. The summed E-state index contributed by atoms with van der Waals surface area (Å²) >= 11 is 0. The minimum absolute atomic E-state index is 0.121. The lowest BCUT2D eigenvalue weighted by Gasteiger charge is -2.42. The van der Waals surface area contributed by atoms with Crippen LogP contribution in [-0.4, -0.2) is 11.6 Å². The van der Waals surface area contributed by atoms with Crippen LogP contribution in [-0.2, 0) is 9.59 Å². The number of hydrogen-bond donors (Lipinski definition) is 0. The fraction of sp³-hybridized carbons (Fsp3) is 0.0769. The molecule has 2 heteroatoms. The number of hydrogen-bond acceptors (Lipinski definition) is 2. The minimum atomic E-state index is -0.121. The molecule has 0 spiro atoms. The number of ketones is 2. The van der Waals surface area contributed by atoms with Crippen LogP contribution in [0.15, 0.2) is 97.1 Å². The Bertz CT molecular complexity index is 946. The van der Waals surface area contributed by atoms with Gasteiger partial charge in [0.25, 0.3) is 0 Å². The molecule has 0 radical (unpaired) electrons. The zero-order chi connectivity index (χ0) is 19.1. The molecule has 2 bridgehead atoms. The highest BCUT2D eigenvalue weighted by atomic mass is 16.1. The second-order valence-electron chi connectivity index (χ2n) is 7.22. The molecule has 0 saturated heterocycles. The zero-order valence-electron chi connectivity index (χ0n) is 15.2. The van der Waals surface area contributed by atoms with Crippen molar-refractivity contribution in [2.75, 3.05) is 0 Å². The summed E-state index contributed by atoms with van der Waals surface area (Å²) in [6, 6.07) is 26.9. The van der Waals surface area contributed by atoms with E-state index in [1.54, 1.807) is 0 Å². The van der Waals surface area contributed by atoms with Crippen molar-refractivity contribution in [3.63, 3.8) is 0 Å². The number of allylic oxidation sites excluding steroid dienone is 4. The van der Waals surface area contributed by atoms with Gasteiger partial charge in [-0.05, 0) is 57.7 Å². The molecule has 3 aromatic rings. The summed E-state index contributed by atoms with van der Waals surface area (Å²) in [5.74, 6) is 0.599. The smallest absolute Gasteiger partial charge is 0.178 e. The third kappa shape index (κ3) is 2.57. The maximum atomic E-state index is 10.3. The van der Waals surface area contributed by atoms with Crippen LogP contribution in [0, 0.1) is 0 Å². The second kappa shape index (κ2) is 6.58. The van der Waals surface area contributed by atoms with Gasteiger partial charge >= 0.3 is 0 Å². The molecule has 134 valence electrons. The van der Waals surface area contributed by atoms with Gasteiger partial charge in [0.15, 0.2) is 11.6 Å². The van der Waals surface area contributed by atoms with Gasteiger partial charge < -0.3 is 0 Å². The van der Waals surface area contributed by atoms with Crippen LogP contribution in [0.4, 0.5) is 0 Å². The standard InChI is InChI=1S/C20H14.C6H4O2/c1-2-8-14-13(7-1)19-15-9-3-5-11-17(15)20(14)18-12-6-4-10-16(18)19;7-5-1-2-6(8)4-3-5/h1-12,19-20H;1-4H. The lowest BCUT2D eigenvalue weighted by molar-refractivity contribution is -0.113. The Labute approximate surface area is 163 Å². The van der Waals surface area contributed by atoms with Gasteiger partial charge in [-0.2, -0.15) is 0 Å². The molecule has 28 heavy (non-hydrogen) atoms. The molecule has 3 aromatic carbocycles. The summed E-state index contributed by atoms with van der Waals surface area (Å²) < 4.78 is 0. The molecule has 0 aliphatic heterocycles. The molecule has 0 aromatic heterocycles. The second-order valence-corrected chi connectivity index (χ2v) is 7.22. The molecule has 0 saturated carbocycles. The van der Waals surface area contributed by atoms with E-state index in [0.29, 0.717) is 11.8 Å². The highest BCUT2D eigenvalue weighted by Gasteiger charge is 2.40. The first-order valence-corrected chi connectivity index (χ1v) is 9.44. The Morgan fingerprint density at radius 3 is 0.821 bits per heavy atom. The van der Waals surface area contributed by atoms with Crippen LogP contribution >= 0.6 is 0 Å². The summed E-state index contributed by atoms with van der Waals surface area (Å²) in [5.41, 5.74) is 8.97. The fourth-order valence-corrected chi connectivity index (χ4v) is 4.55. The van der Waals surface area contributed by atoms with E-state index in [-0.39, 0.29) is 11.6 Å². The molecule has 4 aliphatic carbocycles. The number of benzene rings is 3. The van der Waals surface area contributed by atoms with Gasteiger partial charge in [-0.1, -0.05) is 72.8 Å². The van der Waals surface area contributed by atoms with Gasteiger partial charge in [-0.15, -0.1) is 0 Å². The lowest BCUT2D eigenvalue weighted by atomic mass is 9.61. The van der Waals surface area contributed by atoms with E-state index >= 15 is 0 Å². The van der Waals surface area contributed by atoms with Crippen molar-refractivity contribution >= 4 is 11.6 Å². The van der Waals surface area contributed by atoms with E-state index in [4.69, 9.17) is 0 Å². The van der Waals surface area contributed by atoms with E-state index in [9.17, 15) is 9.59 Å².